The predicted molar refractivity (Wildman–Crippen MR) is 96.0 cm³/mol. The fraction of sp³-hybridized carbons (Fsp3) is 0.133. The largest absolute Gasteiger partial charge is 0.320 e. The zero-order valence-electron chi connectivity index (χ0n) is 11.8. The number of aliphatic imine (C=N–C) groups is 1. The van der Waals surface area contributed by atoms with Crippen LogP contribution >= 0.6 is 34.7 Å². The first kappa shape index (κ1) is 16.0. The number of hydrogen-bond donors (Lipinski definition) is 2. The van der Waals surface area contributed by atoms with Gasteiger partial charge in [0.1, 0.15) is 0 Å². The van der Waals surface area contributed by atoms with Crippen molar-refractivity contribution in [2.45, 2.75) is 0 Å². The number of carbonyl (C=O) groups excluding carboxylic acids is 2. The number of halogens is 1. The van der Waals surface area contributed by atoms with Gasteiger partial charge in [-0.3, -0.25) is 14.6 Å². The minimum atomic E-state index is -0.276. The summed E-state index contributed by atoms with van der Waals surface area (Å²) in [5.41, 5.74) is 0.810. The Balaban J connectivity index is 1.76. The minimum Gasteiger partial charge on any atom is -0.320 e. The molecule has 118 valence electrons. The molecule has 1 aliphatic rings. The van der Waals surface area contributed by atoms with Gasteiger partial charge < -0.3 is 10.6 Å². The lowest BCUT2D eigenvalue weighted by molar-refractivity contribution is 0.0976. The number of anilines is 1. The maximum Gasteiger partial charge on any atom is 0.265 e. The van der Waals surface area contributed by atoms with E-state index in [9.17, 15) is 9.59 Å². The van der Waals surface area contributed by atoms with Gasteiger partial charge >= 0.3 is 0 Å². The van der Waals surface area contributed by atoms with E-state index in [2.05, 4.69) is 15.6 Å². The lowest BCUT2D eigenvalue weighted by Crippen LogP contribution is -2.27. The van der Waals surface area contributed by atoms with Crippen LogP contribution in [0.5, 0.6) is 0 Å². The molecule has 23 heavy (non-hydrogen) atoms. The molecule has 2 aromatic rings. The van der Waals surface area contributed by atoms with Gasteiger partial charge in [-0.05, 0) is 29.6 Å². The normalized spacial score (nSPS) is 13.5. The average molecular weight is 366 g/mol. The van der Waals surface area contributed by atoms with E-state index in [4.69, 9.17) is 11.6 Å². The Morgan fingerprint density at radius 2 is 2.04 bits per heavy atom. The Hall–Kier alpha value is -1.83. The molecule has 0 aliphatic carbocycles. The lowest BCUT2D eigenvalue weighted by atomic mass is 10.2. The van der Waals surface area contributed by atoms with Crippen molar-refractivity contribution >= 4 is 57.4 Å². The summed E-state index contributed by atoms with van der Waals surface area (Å²) in [6.45, 7) is 0.711. The van der Waals surface area contributed by atoms with Crippen LogP contribution in [-0.4, -0.2) is 29.3 Å². The number of amidine groups is 1. The predicted octanol–water partition coefficient (Wildman–Crippen LogP) is 3.49. The second-order valence-corrected chi connectivity index (χ2v) is 7.05. The highest BCUT2D eigenvalue weighted by Crippen LogP contribution is 2.24. The maximum atomic E-state index is 12.2. The van der Waals surface area contributed by atoms with Crippen molar-refractivity contribution in [3.8, 4) is 0 Å². The van der Waals surface area contributed by atoms with Gasteiger partial charge in [0, 0.05) is 11.3 Å². The molecule has 2 amide bonds. The molecule has 3 rings (SSSR count). The van der Waals surface area contributed by atoms with Crippen molar-refractivity contribution in [2.75, 3.05) is 17.6 Å². The highest BCUT2D eigenvalue weighted by molar-refractivity contribution is 8.14. The van der Waals surface area contributed by atoms with E-state index >= 15 is 0 Å². The average Bonchev–Trinajstić information content (AvgIpc) is 3.22. The summed E-state index contributed by atoms with van der Waals surface area (Å²) < 4.78 is 0. The summed E-state index contributed by atoms with van der Waals surface area (Å²) in [6, 6.07) is 8.27. The quantitative estimate of drug-likeness (QED) is 0.874. The molecule has 5 nitrogen and oxygen atoms in total. The van der Waals surface area contributed by atoms with E-state index in [1.807, 2.05) is 5.38 Å². The first-order chi connectivity index (χ1) is 11.1. The highest BCUT2D eigenvalue weighted by atomic mass is 35.5. The number of nitrogens with one attached hydrogen (secondary N) is 2. The van der Waals surface area contributed by atoms with Crippen LogP contribution in [0.4, 0.5) is 5.69 Å². The van der Waals surface area contributed by atoms with Crippen molar-refractivity contribution in [3.63, 3.8) is 0 Å². The molecular weight excluding hydrogens is 354 g/mol. The zero-order valence-corrected chi connectivity index (χ0v) is 14.2. The molecule has 2 heterocycles. The zero-order chi connectivity index (χ0) is 16.2. The van der Waals surface area contributed by atoms with Crippen LogP contribution in [0.15, 0.2) is 40.7 Å². The number of thioether (sulfide) groups is 1. The Bertz CT molecular complexity index is 775. The molecule has 1 aromatic heterocycles. The van der Waals surface area contributed by atoms with E-state index in [1.54, 1.807) is 30.3 Å². The molecule has 8 heteroatoms. The van der Waals surface area contributed by atoms with Crippen LogP contribution in [0.3, 0.4) is 0 Å². The van der Waals surface area contributed by atoms with Gasteiger partial charge in [0.15, 0.2) is 5.17 Å². The van der Waals surface area contributed by atoms with Gasteiger partial charge in [-0.1, -0.05) is 29.4 Å². The van der Waals surface area contributed by atoms with Crippen molar-refractivity contribution < 1.29 is 9.59 Å². The number of nitrogens with zero attached hydrogens (tertiary/aromatic N) is 1. The van der Waals surface area contributed by atoms with E-state index in [-0.39, 0.29) is 11.8 Å². The smallest absolute Gasteiger partial charge is 0.265 e. The fourth-order valence-corrected chi connectivity index (χ4v) is 3.44. The van der Waals surface area contributed by atoms with Crippen LogP contribution in [0.2, 0.25) is 5.02 Å². The number of benzene rings is 1. The number of thiophene rings is 1. The standard InChI is InChI=1S/C15H12ClN3O2S2/c16-10-4-3-9(13(20)19-15-17-5-7-23-15)8-11(10)18-14(21)12-2-1-6-22-12/h1-4,6,8H,5,7H2,(H,18,21)(H,17,19,20). The van der Waals surface area contributed by atoms with Crippen molar-refractivity contribution in [2.24, 2.45) is 4.99 Å². The molecule has 0 atom stereocenters. The van der Waals surface area contributed by atoms with E-state index in [0.29, 0.717) is 32.9 Å². The first-order valence-electron chi connectivity index (χ1n) is 6.76. The first-order valence-corrected chi connectivity index (χ1v) is 9.01. The van der Waals surface area contributed by atoms with E-state index in [1.165, 1.54) is 23.1 Å². The molecule has 0 unspecified atom stereocenters. The second kappa shape index (κ2) is 7.16. The summed E-state index contributed by atoms with van der Waals surface area (Å²) in [6.07, 6.45) is 0. The molecule has 1 aromatic carbocycles. The minimum absolute atomic E-state index is 0.254. The van der Waals surface area contributed by atoms with E-state index < -0.39 is 0 Å². The molecule has 0 bridgehead atoms. The van der Waals surface area contributed by atoms with Crippen molar-refractivity contribution in [1.82, 2.24) is 5.32 Å². The molecular formula is C15H12ClN3O2S2. The third-order valence-corrected chi connectivity index (χ3v) is 5.12. The van der Waals surface area contributed by atoms with Gasteiger partial charge in [0.25, 0.3) is 11.8 Å². The number of carbonyl (C=O) groups is 2. The van der Waals surface area contributed by atoms with Crippen LogP contribution in [-0.2, 0) is 0 Å². The second-order valence-electron chi connectivity index (χ2n) is 4.62. The Kier molecular flexibility index (Phi) is 5.00. The summed E-state index contributed by atoms with van der Waals surface area (Å²) in [5.74, 6) is 0.342. The Morgan fingerprint density at radius 3 is 2.74 bits per heavy atom. The molecule has 2 N–H and O–H groups in total. The number of hydrogen-bond acceptors (Lipinski definition) is 5. The number of rotatable bonds is 3. The van der Waals surface area contributed by atoms with Gasteiger partial charge in [-0.25, -0.2) is 0 Å². The highest BCUT2D eigenvalue weighted by Gasteiger charge is 2.15. The third-order valence-electron chi connectivity index (χ3n) is 3.03. The SMILES string of the molecule is O=C(NC1=NCCS1)c1ccc(Cl)c(NC(=O)c2cccs2)c1. The lowest BCUT2D eigenvalue weighted by Gasteiger charge is -2.09. The molecule has 0 saturated heterocycles. The molecule has 0 saturated carbocycles. The van der Waals surface area contributed by atoms with Crippen LogP contribution < -0.4 is 10.6 Å². The number of amides is 2. The Labute approximate surface area is 146 Å². The third kappa shape index (κ3) is 3.93. The fourth-order valence-electron chi connectivity index (χ4n) is 1.93. The molecule has 0 fully saturated rings. The van der Waals surface area contributed by atoms with Crippen LogP contribution in [0.25, 0.3) is 0 Å². The monoisotopic (exact) mass is 365 g/mol. The van der Waals surface area contributed by atoms with Crippen molar-refractivity contribution in [1.29, 1.82) is 0 Å². The van der Waals surface area contributed by atoms with Crippen molar-refractivity contribution in [3.05, 3.63) is 51.2 Å². The molecule has 0 radical (unpaired) electrons. The van der Waals surface area contributed by atoms with Crippen LogP contribution in [0.1, 0.15) is 20.0 Å². The molecule has 1 aliphatic heterocycles. The van der Waals surface area contributed by atoms with Gasteiger partial charge in [0.05, 0.1) is 22.1 Å². The summed E-state index contributed by atoms with van der Waals surface area (Å²) in [4.78, 5) is 29.1. The van der Waals surface area contributed by atoms with E-state index in [0.717, 1.165) is 5.75 Å². The summed E-state index contributed by atoms with van der Waals surface area (Å²) >= 11 is 8.95. The molecule has 0 spiro atoms. The van der Waals surface area contributed by atoms with Crippen LogP contribution in [0, 0.1) is 0 Å². The summed E-state index contributed by atoms with van der Waals surface area (Å²) in [7, 11) is 0. The van der Waals surface area contributed by atoms with Gasteiger partial charge in [-0.15, -0.1) is 11.3 Å². The summed E-state index contributed by atoms with van der Waals surface area (Å²) in [5, 5.41) is 8.28. The maximum absolute atomic E-state index is 12.2. The Morgan fingerprint density at radius 1 is 1.17 bits per heavy atom. The van der Waals surface area contributed by atoms with Gasteiger partial charge in [-0.2, -0.15) is 0 Å². The van der Waals surface area contributed by atoms with Gasteiger partial charge in [0.2, 0.25) is 0 Å². The topological polar surface area (TPSA) is 70.6 Å².